The smallest absolute Gasteiger partial charge is 0.203 e. The standard InChI is InChI=1S/C14H11BF6O/c1-14(21)5-9(18)11(12(19)13(14)20)15-6-3-10(22-2)8(17)4-7(6)16/h3-5,13,15H,1-2H3. The summed E-state index contributed by atoms with van der Waals surface area (Å²) in [6, 6.07) is 1.40. The van der Waals surface area contributed by atoms with Gasteiger partial charge in [-0.15, -0.1) is 0 Å². The first kappa shape index (κ1) is 16.5. The molecule has 0 amide bonds. The number of benzene rings is 1. The lowest BCUT2D eigenvalue weighted by Gasteiger charge is -2.26. The highest BCUT2D eigenvalue weighted by molar-refractivity contribution is 6.62. The number of allylic oxidation sites excluding steroid dienone is 4. The van der Waals surface area contributed by atoms with Crippen LogP contribution in [0.5, 0.6) is 5.75 Å². The number of hydrogen-bond donors (Lipinski definition) is 0. The summed E-state index contributed by atoms with van der Waals surface area (Å²) in [6.07, 6.45) is -2.39. The third-order valence-corrected chi connectivity index (χ3v) is 3.39. The molecule has 1 aromatic carbocycles. The fourth-order valence-electron chi connectivity index (χ4n) is 2.15. The van der Waals surface area contributed by atoms with Crippen LogP contribution in [0.3, 0.4) is 0 Å². The van der Waals surface area contributed by atoms with Gasteiger partial charge in [-0.1, -0.05) is 0 Å². The Labute approximate surface area is 123 Å². The molecule has 2 atom stereocenters. The molecule has 1 aliphatic rings. The SMILES string of the molecule is COc1cc(BC2=C(F)C(F)C(C)(F)C=C2F)c(F)cc1F. The molecule has 2 rings (SSSR count). The summed E-state index contributed by atoms with van der Waals surface area (Å²) in [5, 5.41) is 0. The highest BCUT2D eigenvalue weighted by Crippen LogP contribution is 2.37. The molecule has 1 aliphatic carbocycles. The van der Waals surface area contributed by atoms with Crippen LogP contribution in [0.15, 0.2) is 35.3 Å². The van der Waals surface area contributed by atoms with Gasteiger partial charge in [0.05, 0.1) is 7.11 Å². The van der Waals surface area contributed by atoms with E-state index < -0.39 is 47.9 Å². The van der Waals surface area contributed by atoms with E-state index in [0.29, 0.717) is 19.1 Å². The minimum atomic E-state index is -2.82. The van der Waals surface area contributed by atoms with Crippen molar-refractivity contribution in [1.82, 2.24) is 0 Å². The zero-order valence-corrected chi connectivity index (χ0v) is 11.7. The minimum absolute atomic E-state index is 0.300. The van der Waals surface area contributed by atoms with Crippen LogP contribution >= 0.6 is 0 Å². The first-order chi connectivity index (χ1) is 10.2. The van der Waals surface area contributed by atoms with Gasteiger partial charge in [0.1, 0.15) is 17.5 Å². The van der Waals surface area contributed by atoms with Crippen molar-refractivity contribution in [2.24, 2.45) is 0 Å². The van der Waals surface area contributed by atoms with Gasteiger partial charge in [-0.25, -0.2) is 26.3 Å². The molecule has 0 saturated carbocycles. The highest BCUT2D eigenvalue weighted by Gasteiger charge is 2.42. The maximum Gasteiger partial charge on any atom is 0.203 e. The van der Waals surface area contributed by atoms with Crippen molar-refractivity contribution in [1.29, 1.82) is 0 Å². The van der Waals surface area contributed by atoms with Crippen LogP contribution in [0.4, 0.5) is 26.3 Å². The number of rotatable bonds is 3. The first-order valence-corrected chi connectivity index (χ1v) is 6.29. The summed E-state index contributed by atoms with van der Waals surface area (Å²) in [4.78, 5) is 0. The van der Waals surface area contributed by atoms with Crippen molar-refractivity contribution in [3.05, 3.63) is 47.0 Å². The lowest BCUT2D eigenvalue weighted by molar-refractivity contribution is 0.114. The summed E-state index contributed by atoms with van der Waals surface area (Å²) in [7, 11) is 0.431. The maximum atomic E-state index is 13.8. The van der Waals surface area contributed by atoms with E-state index in [2.05, 4.69) is 4.74 Å². The maximum absolute atomic E-state index is 13.8. The molecule has 1 nitrogen and oxygen atoms in total. The highest BCUT2D eigenvalue weighted by atomic mass is 19.2. The third kappa shape index (κ3) is 2.87. The molecule has 0 N–H and O–H groups in total. The van der Waals surface area contributed by atoms with Crippen molar-refractivity contribution in [2.45, 2.75) is 18.8 Å². The Morgan fingerprint density at radius 2 is 1.77 bits per heavy atom. The third-order valence-electron chi connectivity index (χ3n) is 3.39. The Hall–Kier alpha value is -1.86. The number of methoxy groups -OCH3 is 1. The number of alkyl halides is 2. The van der Waals surface area contributed by atoms with E-state index in [1.54, 1.807) is 0 Å². The molecule has 0 radical (unpaired) electrons. The van der Waals surface area contributed by atoms with E-state index >= 15 is 0 Å². The van der Waals surface area contributed by atoms with Crippen LogP contribution in [0, 0.1) is 11.6 Å². The van der Waals surface area contributed by atoms with Gasteiger partial charge in [0.2, 0.25) is 7.28 Å². The van der Waals surface area contributed by atoms with Gasteiger partial charge >= 0.3 is 0 Å². The average molecular weight is 320 g/mol. The molecule has 0 spiro atoms. The topological polar surface area (TPSA) is 9.23 Å². The van der Waals surface area contributed by atoms with Gasteiger partial charge < -0.3 is 4.74 Å². The second kappa shape index (κ2) is 5.74. The quantitative estimate of drug-likeness (QED) is 0.614. The number of halogens is 6. The summed E-state index contributed by atoms with van der Waals surface area (Å²) in [5.41, 5.74) is -3.94. The molecule has 0 aromatic heterocycles. The molecule has 22 heavy (non-hydrogen) atoms. The van der Waals surface area contributed by atoms with Gasteiger partial charge in [0, 0.05) is 6.07 Å². The van der Waals surface area contributed by atoms with Gasteiger partial charge in [0.15, 0.2) is 23.4 Å². The van der Waals surface area contributed by atoms with Crippen LogP contribution in [0.25, 0.3) is 0 Å². The molecule has 2 unspecified atom stereocenters. The van der Waals surface area contributed by atoms with E-state index in [4.69, 9.17) is 0 Å². The van der Waals surface area contributed by atoms with Crippen molar-refractivity contribution >= 4 is 12.7 Å². The molecule has 0 bridgehead atoms. The van der Waals surface area contributed by atoms with E-state index in [-0.39, 0.29) is 11.2 Å². The molecular weight excluding hydrogens is 309 g/mol. The van der Waals surface area contributed by atoms with Gasteiger partial charge in [-0.3, -0.25) is 0 Å². The molecular formula is C14H11BF6O. The Morgan fingerprint density at radius 3 is 2.36 bits per heavy atom. The largest absolute Gasteiger partial charge is 0.494 e. The fraction of sp³-hybridized carbons (Fsp3) is 0.286. The van der Waals surface area contributed by atoms with Crippen molar-refractivity contribution in [2.75, 3.05) is 7.11 Å². The molecule has 0 heterocycles. The van der Waals surface area contributed by atoms with Crippen LogP contribution in [-0.2, 0) is 0 Å². The normalized spacial score (nSPS) is 25.1. The molecule has 8 heteroatoms. The van der Waals surface area contributed by atoms with E-state index in [1.807, 2.05) is 0 Å². The molecule has 0 saturated heterocycles. The van der Waals surface area contributed by atoms with Crippen LogP contribution in [-0.4, -0.2) is 26.2 Å². The summed E-state index contributed by atoms with van der Waals surface area (Å²) < 4.78 is 86.4. The molecule has 118 valence electrons. The van der Waals surface area contributed by atoms with E-state index in [1.165, 1.54) is 0 Å². The van der Waals surface area contributed by atoms with Crippen molar-refractivity contribution in [3.63, 3.8) is 0 Å². The molecule has 0 aliphatic heterocycles. The van der Waals surface area contributed by atoms with Crippen LogP contribution in [0.2, 0.25) is 0 Å². The van der Waals surface area contributed by atoms with Gasteiger partial charge in [0.25, 0.3) is 0 Å². The van der Waals surface area contributed by atoms with Crippen molar-refractivity contribution < 1.29 is 31.1 Å². The lowest BCUT2D eigenvalue weighted by Crippen LogP contribution is -2.36. The summed E-state index contributed by atoms with van der Waals surface area (Å²) >= 11 is 0. The van der Waals surface area contributed by atoms with Gasteiger partial charge in [-0.05, 0) is 30.0 Å². The zero-order chi connectivity index (χ0) is 16.7. The Bertz CT molecular complexity index is 668. The fourth-order valence-corrected chi connectivity index (χ4v) is 2.15. The lowest BCUT2D eigenvalue weighted by atomic mass is 9.60. The monoisotopic (exact) mass is 320 g/mol. The Morgan fingerprint density at radius 1 is 1.14 bits per heavy atom. The van der Waals surface area contributed by atoms with Crippen molar-refractivity contribution in [3.8, 4) is 5.75 Å². The summed E-state index contributed by atoms with van der Waals surface area (Å²) in [6.45, 7) is 0.690. The summed E-state index contributed by atoms with van der Waals surface area (Å²) in [5.74, 6) is -5.36. The predicted octanol–water partition coefficient (Wildman–Crippen LogP) is 3.15. The van der Waals surface area contributed by atoms with E-state index in [9.17, 15) is 26.3 Å². The second-order valence-electron chi connectivity index (χ2n) is 5.09. The minimum Gasteiger partial charge on any atom is -0.494 e. The zero-order valence-electron chi connectivity index (χ0n) is 11.7. The Balaban J connectivity index is 2.43. The Kier molecular flexibility index (Phi) is 4.31. The van der Waals surface area contributed by atoms with Crippen LogP contribution < -0.4 is 10.2 Å². The molecule has 1 aromatic rings. The number of ether oxygens (including phenoxy) is 1. The average Bonchev–Trinajstić information content (AvgIpc) is 2.43. The molecule has 0 fully saturated rings. The van der Waals surface area contributed by atoms with Gasteiger partial charge in [-0.2, -0.15) is 0 Å². The van der Waals surface area contributed by atoms with Crippen LogP contribution in [0.1, 0.15) is 6.92 Å². The first-order valence-electron chi connectivity index (χ1n) is 6.29. The second-order valence-corrected chi connectivity index (χ2v) is 5.09. The predicted molar refractivity (Wildman–Crippen MR) is 71.4 cm³/mol. The van der Waals surface area contributed by atoms with E-state index in [0.717, 1.165) is 13.2 Å². The number of hydrogen-bond acceptors (Lipinski definition) is 1.